The third-order valence-corrected chi connectivity index (χ3v) is 3.59. The van der Waals surface area contributed by atoms with Crippen LogP contribution in [0.4, 0.5) is 0 Å². The van der Waals surface area contributed by atoms with E-state index in [2.05, 4.69) is 0 Å². The molecule has 2 atom stereocenters. The van der Waals surface area contributed by atoms with Crippen LogP contribution in [0, 0.1) is 0 Å². The summed E-state index contributed by atoms with van der Waals surface area (Å²) in [6, 6.07) is 12.5. The molecule has 0 aromatic heterocycles. The third kappa shape index (κ3) is 4.03. The molecule has 2 unspecified atom stereocenters. The lowest BCUT2D eigenvalue weighted by Gasteiger charge is -2.24. The van der Waals surface area contributed by atoms with E-state index in [-0.39, 0.29) is 12.1 Å². The predicted molar refractivity (Wildman–Crippen MR) is 86.5 cm³/mol. The maximum Gasteiger partial charge on any atom is 0.140 e. The highest BCUT2D eigenvalue weighted by Crippen LogP contribution is 2.33. The van der Waals surface area contributed by atoms with Crippen LogP contribution in [0.25, 0.3) is 0 Å². The molecule has 0 radical (unpaired) electrons. The van der Waals surface area contributed by atoms with Crippen LogP contribution in [0.1, 0.15) is 18.6 Å². The van der Waals surface area contributed by atoms with Gasteiger partial charge < -0.3 is 15.2 Å². The summed E-state index contributed by atoms with van der Waals surface area (Å²) in [5, 5.41) is 1.05. The Kier molecular flexibility index (Phi) is 5.34. The van der Waals surface area contributed by atoms with E-state index in [0.29, 0.717) is 15.8 Å². The molecule has 21 heavy (non-hydrogen) atoms. The molecule has 0 aliphatic rings. The average Bonchev–Trinajstić information content (AvgIpc) is 2.47. The Bertz CT molecular complexity index is 617. The summed E-state index contributed by atoms with van der Waals surface area (Å²) in [6.45, 7) is 1.88. The van der Waals surface area contributed by atoms with Crippen molar-refractivity contribution in [3.05, 3.63) is 58.1 Å². The Labute approximate surface area is 134 Å². The maximum atomic E-state index is 6.14. The normalized spacial score (nSPS) is 13.6. The monoisotopic (exact) mass is 325 g/mol. The summed E-state index contributed by atoms with van der Waals surface area (Å²) in [7, 11) is 1.62. The molecule has 0 heterocycles. The van der Waals surface area contributed by atoms with Gasteiger partial charge in [-0.05, 0) is 36.8 Å². The van der Waals surface area contributed by atoms with Gasteiger partial charge in [0.15, 0.2) is 0 Å². The topological polar surface area (TPSA) is 44.5 Å². The van der Waals surface area contributed by atoms with Crippen LogP contribution in [0.3, 0.4) is 0 Å². The van der Waals surface area contributed by atoms with Gasteiger partial charge in [0.25, 0.3) is 0 Å². The molecule has 0 spiro atoms. The highest BCUT2D eigenvalue weighted by atomic mass is 35.5. The molecule has 2 aromatic carbocycles. The van der Waals surface area contributed by atoms with Gasteiger partial charge in [-0.25, -0.2) is 0 Å². The van der Waals surface area contributed by atoms with Crippen molar-refractivity contribution in [3.8, 4) is 11.5 Å². The second-order valence-corrected chi connectivity index (χ2v) is 5.59. The van der Waals surface area contributed by atoms with Crippen molar-refractivity contribution < 1.29 is 9.47 Å². The van der Waals surface area contributed by atoms with E-state index in [0.717, 1.165) is 11.3 Å². The van der Waals surface area contributed by atoms with Gasteiger partial charge in [-0.2, -0.15) is 0 Å². The molecule has 2 rings (SSSR count). The first-order chi connectivity index (χ1) is 10.0. The van der Waals surface area contributed by atoms with Crippen LogP contribution < -0.4 is 15.2 Å². The van der Waals surface area contributed by atoms with E-state index < -0.39 is 0 Å². The van der Waals surface area contributed by atoms with Crippen molar-refractivity contribution in [1.29, 1.82) is 0 Å². The fourth-order valence-corrected chi connectivity index (χ4v) is 2.33. The van der Waals surface area contributed by atoms with Crippen molar-refractivity contribution in [2.45, 2.75) is 19.1 Å². The van der Waals surface area contributed by atoms with E-state index in [1.54, 1.807) is 25.3 Å². The Hall–Kier alpha value is -1.42. The van der Waals surface area contributed by atoms with Crippen molar-refractivity contribution in [3.63, 3.8) is 0 Å². The lowest BCUT2D eigenvalue weighted by atomic mass is 10.0. The van der Waals surface area contributed by atoms with Gasteiger partial charge in [0.2, 0.25) is 0 Å². The predicted octanol–water partition coefficient (Wildman–Crippen LogP) is 4.47. The zero-order valence-corrected chi connectivity index (χ0v) is 13.4. The first kappa shape index (κ1) is 16.0. The smallest absolute Gasteiger partial charge is 0.140 e. The minimum absolute atomic E-state index is 0.229. The maximum absolute atomic E-state index is 6.14. The van der Waals surface area contributed by atoms with Crippen molar-refractivity contribution >= 4 is 23.2 Å². The number of methoxy groups -OCH3 is 1. The van der Waals surface area contributed by atoms with E-state index in [9.17, 15) is 0 Å². The highest BCUT2D eigenvalue weighted by Gasteiger charge is 2.20. The number of benzene rings is 2. The van der Waals surface area contributed by atoms with Crippen LogP contribution in [0.2, 0.25) is 10.0 Å². The Morgan fingerprint density at radius 2 is 1.86 bits per heavy atom. The third-order valence-electron chi connectivity index (χ3n) is 3.05. The number of hydrogen-bond acceptors (Lipinski definition) is 3. The lowest BCUT2D eigenvalue weighted by Crippen LogP contribution is -2.29. The number of nitrogens with two attached hydrogens (primary N) is 1. The summed E-state index contributed by atoms with van der Waals surface area (Å²) in [5.74, 6) is 1.26. The lowest BCUT2D eigenvalue weighted by molar-refractivity contribution is 0.180. The molecule has 3 nitrogen and oxygen atoms in total. The van der Waals surface area contributed by atoms with Gasteiger partial charge in [-0.1, -0.05) is 35.3 Å². The minimum Gasteiger partial charge on any atom is -0.497 e. The highest BCUT2D eigenvalue weighted by molar-refractivity contribution is 6.34. The number of hydrogen-bond donors (Lipinski definition) is 1. The fraction of sp³-hybridized carbons (Fsp3) is 0.250. The summed E-state index contributed by atoms with van der Waals surface area (Å²) in [5.41, 5.74) is 6.97. The van der Waals surface area contributed by atoms with E-state index in [1.807, 2.05) is 31.2 Å². The average molecular weight is 326 g/mol. The van der Waals surface area contributed by atoms with Crippen molar-refractivity contribution in [2.75, 3.05) is 7.11 Å². The molecular weight excluding hydrogens is 309 g/mol. The summed E-state index contributed by atoms with van der Waals surface area (Å²) < 4.78 is 11.2. The molecule has 0 aliphatic heterocycles. The molecule has 112 valence electrons. The van der Waals surface area contributed by atoms with Crippen LogP contribution in [-0.4, -0.2) is 13.2 Å². The van der Waals surface area contributed by atoms with Crippen LogP contribution >= 0.6 is 23.2 Å². The first-order valence-electron chi connectivity index (χ1n) is 6.52. The molecule has 0 bridgehead atoms. The molecule has 0 fully saturated rings. The summed E-state index contributed by atoms with van der Waals surface area (Å²) >= 11 is 12.1. The molecule has 2 aromatic rings. The van der Waals surface area contributed by atoms with Crippen molar-refractivity contribution in [1.82, 2.24) is 0 Å². The quantitative estimate of drug-likeness (QED) is 0.882. The second-order valence-electron chi connectivity index (χ2n) is 4.75. The van der Waals surface area contributed by atoms with Crippen LogP contribution in [0.15, 0.2) is 42.5 Å². The van der Waals surface area contributed by atoms with Crippen molar-refractivity contribution in [2.24, 2.45) is 5.73 Å². The van der Waals surface area contributed by atoms with E-state index in [4.69, 9.17) is 38.4 Å². The van der Waals surface area contributed by atoms with Gasteiger partial charge in [0.05, 0.1) is 12.1 Å². The Morgan fingerprint density at radius 1 is 1.10 bits per heavy atom. The standard InChI is InChI=1S/C16H17Cl2NO2/c1-10(19)16(11-4-3-5-13(8-11)20-2)21-15-9-12(17)6-7-14(15)18/h3-10,16H,19H2,1-2H3. The molecule has 0 amide bonds. The largest absolute Gasteiger partial charge is 0.497 e. The molecule has 2 N–H and O–H groups in total. The number of ether oxygens (including phenoxy) is 2. The molecule has 0 saturated heterocycles. The molecule has 0 saturated carbocycles. The van der Waals surface area contributed by atoms with E-state index >= 15 is 0 Å². The summed E-state index contributed by atoms with van der Waals surface area (Å²) in [6.07, 6.45) is -0.351. The Balaban J connectivity index is 2.33. The van der Waals surface area contributed by atoms with Gasteiger partial charge in [-0.3, -0.25) is 0 Å². The molecule has 5 heteroatoms. The molecular formula is C16H17Cl2NO2. The van der Waals surface area contributed by atoms with Crippen LogP contribution in [-0.2, 0) is 0 Å². The van der Waals surface area contributed by atoms with Crippen LogP contribution in [0.5, 0.6) is 11.5 Å². The summed E-state index contributed by atoms with van der Waals surface area (Å²) in [4.78, 5) is 0. The minimum atomic E-state index is -0.351. The SMILES string of the molecule is COc1cccc(C(Oc2cc(Cl)ccc2Cl)C(C)N)c1. The zero-order valence-electron chi connectivity index (χ0n) is 11.8. The fourth-order valence-electron chi connectivity index (χ4n) is 2.00. The molecule has 0 aliphatic carbocycles. The van der Waals surface area contributed by atoms with Gasteiger partial charge >= 0.3 is 0 Å². The first-order valence-corrected chi connectivity index (χ1v) is 7.28. The zero-order chi connectivity index (χ0) is 15.4. The van der Waals surface area contributed by atoms with Gasteiger partial charge in [-0.15, -0.1) is 0 Å². The number of rotatable bonds is 5. The van der Waals surface area contributed by atoms with Gasteiger partial charge in [0, 0.05) is 17.1 Å². The van der Waals surface area contributed by atoms with Gasteiger partial charge in [0.1, 0.15) is 17.6 Å². The van der Waals surface area contributed by atoms with E-state index in [1.165, 1.54) is 0 Å². The Morgan fingerprint density at radius 3 is 2.52 bits per heavy atom. The number of halogens is 2. The second kappa shape index (κ2) is 7.03.